The molecule has 0 saturated heterocycles. The zero-order chi connectivity index (χ0) is 7.98. The lowest BCUT2D eigenvalue weighted by molar-refractivity contribution is 0.565. The van der Waals surface area contributed by atoms with Gasteiger partial charge in [0.2, 0.25) is 6.08 Å². The number of carbonyl (C=O) groups excluding carboxylic acids is 1. The van der Waals surface area contributed by atoms with E-state index in [1.807, 2.05) is 0 Å². The molecular weight excluding hydrogens is 150 g/mol. The Morgan fingerprint density at radius 3 is 2.50 bits per heavy atom. The molecule has 0 N–H and O–H groups in total. The van der Waals surface area contributed by atoms with E-state index in [0.717, 1.165) is 0 Å². The van der Waals surface area contributed by atoms with E-state index < -0.39 is 0 Å². The molecule has 0 rings (SSSR count). The molecule has 0 aliphatic heterocycles. The molecule has 0 aromatic rings. The maximum absolute atomic E-state index is 9.62. The van der Waals surface area contributed by atoms with Gasteiger partial charge in [-0.2, -0.15) is 4.99 Å². The Labute approximate surface area is 64.2 Å². The second-order valence-corrected chi connectivity index (χ2v) is 1.96. The van der Waals surface area contributed by atoms with Crippen LogP contribution in [0.5, 0.6) is 0 Å². The second kappa shape index (κ2) is 4.74. The molecule has 3 heteroatoms. The Morgan fingerprint density at radius 1 is 1.50 bits per heavy atom. The topological polar surface area (TPSA) is 29.4 Å². The quantitative estimate of drug-likeness (QED) is 0.349. The average Bonchev–Trinajstić information content (AvgIpc) is 1.85. The van der Waals surface area contributed by atoms with Crippen molar-refractivity contribution in [1.29, 1.82) is 0 Å². The van der Waals surface area contributed by atoms with E-state index in [-0.39, 0.29) is 0 Å². The minimum Gasteiger partial charge on any atom is -0.211 e. The van der Waals surface area contributed by atoms with Gasteiger partial charge in [-0.25, -0.2) is 4.79 Å². The van der Waals surface area contributed by atoms with Crippen LogP contribution >= 0.6 is 11.6 Å². The SMILES string of the molecule is C=C(Cl)/C=C\C(=C)N=C=O. The fraction of sp³-hybridized carbons (Fsp3) is 0. The lowest BCUT2D eigenvalue weighted by Crippen LogP contribution is -1.65. The van der Waals surface area contributed by atoms with Crippen molar-refractivity contribution in [3.8, 4) is 0 Å². The van der Waals surface area contributed by atoms with Gasteiger partial charge in [0.25, 0.3) is 0 Å². The van der Waals surface area contributed by atoms with Crippen molar-refractivity contribution < 1.29 is 4.79 Å². The summed E-state index contributed by atoms with van der Waals surface area (Å²) in [6, 6.07) is 0. The van der Waals surface area contributed by atoms with Gasteiger partial charge in [-0.15, -0.1) is 0 Å². The first-order valence-electron chi connectivity index (χ1n) is 2.46. The van der Waals surface area contributed by atoms with Gasteiger partial charge in [-0.05, 0) is 12.2 Å². The number of allylic oxidation sites excluding steroid dienone is 3. The van der Waals surface area contributed by atoms with Crippen LogP contribution in [0.3, 0.4) is 0 Å². The largest absolute Gasteiger partial charge is 0.240 e. The number of isocyanates is 1. The molecule has 0 spiro atoms. The molecule has 0 aliphatic carbocycles. The van der Waals surface area contributed by atoms with Crippen molar-refractivity contribution in [1.82, 2.24) is 0 Å². The summed E-state index contributed by atoms with van der Waals surface area (Å²) in [6.07, 6.45) is 4.31. The summed E-state index contributed by atoms with van der Waals surface area (Å²) in [5.41, 5.74) is 0.303. The Bertz CT molecular complexity index is 224. The van der Waals surface area contributed by atoms with Crippen molar-refractivity contribution in [3.05, 3.63) is 36.0 Å². The molecule has 52 valence electrons. The van der Waals surface area contributed by atoms with Gasteiger partial charge in [0.15, 0.2) is 0 Å². The molecule has 2 nitrogen and oxygen atoms in total. The highest BCUT2D eigenvalue weighted by Gasteiger charge is 1.80. The minimum atomic E-state index is 0.303. The third-order valence-corrected chi connectivity index (χ3v) is 0.772. The van der Waals surface area contributed by atoms with Gasteiger partial charge in [0.05, 0.1) is 5.70 Å². The number of hydrogen-bond acceptors (Lipinski definition) is 2. The van der Waals surface area contributed by atoms with E-state index in [9.17, 15) is 4.79 Å². The minimum absolute atomic E-state index is 0.303. The highest BCUT2D eigenvalue weighted by atomic mass is 35.5. The van der Waals surface area contributed by atoms with Crippen molar-refractivity contribution in [2.24, 2.45) is 4.99 Å². The predicted molar refractivity (Wildman–Crippen MR) is 41.4 cm³/mol. The Morgan fingerprint density at radius 2 is 2.10 bits per heavy atom. The van der Waals surface area contributed by atoms with Gasteiger partial charge >= 0.3 is 0 Å². The number of halogens is 1. The zero-order valence-electron chi connectivity index (χ0n) is 5.30. The molecule has 0 fully saturated rings. The third-order valence-electron chi connectivity index (χ3n) is 0.646. The summed E-state index contributed by atoms with van der Waals surface area (Å²) in [6.45, 7) is 6.79. The highest BCUT2D eigenvalue weighted by Crippen LogP contribution is 2.01. The first-order valence-corrected chi connectivity index (χ1v) is 2.84. The summed E-state index contributed by atoms with van der Waals surface area (Å²) in [4.78, 5) is 12.8. The Balaban J connectivity index is 4.02. The molecule has 0 saturated carbocycles. The fourth-order valence-corrected chi connectivity index (χ4v) is 0.346. The van der Waals surface area contributed by atoms with Gasteiger partial charge in [0, 0.05) is 5.03 Å². The molecule has 0 aromatic carbocycles. The lowest BCUT2D eigenvalue weighted by Gasteiger charge is -1.82. The summed E-state index contributed by atoms with van der Waals surface area (Å²) < 4.78 is 0. The van der Waals surface area contributed by atoms with Gasteiger partial charge in [-0.3, -0.25) is 0 Å². The molecule has 0 amide bonds. The van der Waals surface area contributed by atoms with Crippen LogP contribution in [0.2, 0.25) is 0 Å². The van der Waals surface area contributed by atoms with E-state index in [4.69, 9.17) is 11.6 Å². The standard InChI is InChI=1S/C7H6ClNO/c1-6(8)3-4-7(2)9-5-10/h3-4H,1-2H2/b4-3-. The van der Waals surface area contributed by atoms with E-state index in [2.05, 4.69) is 18.2 Å². The molecule has 0 aromatic heterocycles. The molecule has 0 atom stereocenters. The maximum Gasteiger partial charge on any atom is 0.240 e. The van der Waals surface area contributed by atoms with Gasteiger partial charge in [0.1, 0.15) is 0 Å². The Kier molecular flexibility index (Phi) is 4.21. The second-order valence-electron chi connectivity index (χ2n) is 1.47. The van der Waals surface area contributed by atoms with Crippen LogP contribution < -0.4 is 0 Å². The van der Waals surface area contributed by atoms with E-state index in [1.165, 1.54) is 18.2 Å². The number of rotatable bonds is 3. The summed E-state index contributed by atoms with van der Waals surface area (Å²) in [5, 5.41) is 0.363. The van der Waals surface area contributed by atoms with Gasteiger partial charge < -0.3 is 0 Å². The van der Waals surface area contributed by atoms with Crippen LogP contribution in [0.25, 0.3) is 0 Å². The molecule has 10 heavy (non-hydrogen) atoms. The lowest BCUT2D eigenvalue weighted by atomic mass is 10.4. The van der Waals surface area contributed by atoms with Crippen molar-refractivity contribution in [3.63, 3.8) is 0 Å². The number of aliphatic imine (C=N–C) groups is 1. The van der Waals surface area contributed by atoms with Crippen molar-refractivity contribution >= 4 is 17.7 Å². The third kappa shape index (κ3) is 5.04. The molecule has 0 unspecified atom stereocenters. The van der Waals surface area contributed by atoms with Gasteiger partial charge in [-0.1, -0.05) is 24.8 Å². The first-order chi connectivity index (χ1) is 4.66. The van der Waals surface area contributed by atoms with Crippen molar-refractivity contribution in [2.75, 3.05) is 0 Å². The molecule has 0 bridgehead atoms. The molecular formula is C7H6ClNO. The van der Waals surface area contributed by atoms with E-state index in [1.54, 1.807) is 0 Å². The fourth-order valence-electron chi connectivity index (χ4n) is 0.283. The van der Waals surface area contributed by atoms with Crippen LogP contribution in [0, 0.1) is 0 Å². The summed E-state index contributed by atoms with van der Waals surface area (Å²) >= 11 is 5.36. The normalized spacial score (nSPS) is 8.90. The maximum atomic E-state index is 9.62. The smallest absolute Gasteiger partial charge is 0.211 e. The highest BCUT2D eigenvalue weighted by molar-refractivity contribution is 6.30. The summed E-state index contributed by atoms with van der Waals surface area (Å²) in [5.74, 6) is 0. The predicted octanol–water partition coefficient (Wildman–Crippen LogP) is 2.14. The average molecular weight is 156 g/mol. The van der Waals surface area contributed by atoms with Crippen LogP contribution in [0.4, 0.5) is 0 Å². The summed E-state index contributed by atoms with van der Waals surface area (Å²) in [7, 11) is 0. The Hall–Kier alpha value is -1.11. The number of hydrogen-bond donors (Lipinski definition) is 0. The van der Waals surface area contributed by atoms with Crippen LogP contribution in [-0.2, 0) is 4.79 Å². The zero-order valence-corrected chi connectivity index (χ0v) is 6.06. The monoisotopic (exact) mass is 155 g/mol. The molecule has 0 radical (unpaired) electrons. The molecule has 0 aliphatic rings. The first kappa shape index (κ1) is 8.89. The van der Waals surface area contributed by atoms with E-state index >= 15 is 0 Å². The van der Waals surface area contributed by atoms with E-state index in [0.29, 0.717) is 10.7 Å². The van der Waals surface area contributed by atoms with Crippen LogP contribution in [0.15, 0.2) is 41.0 Å². The molecule has 0 heterocycles. The number of nitrogens with zero attached hydrogens (tertiary/aromatic N) is 1. The van der Waals surface area contributed by atoms with Crippen LogP contribution in [0.1, 0.15) is 0 Å². The van der Waals surface area contributed by atoms with Crippen molar-refractivity contribution in [2.45, 2.75) is 0 Å². The van der Waals surface area contributed by atoms with Crippen LogP contribution in [-0.4, -0.2) is 6.08 Å².